The standard InChI is InChI=1S/C9H8ClN5O2/c1-17-7-3-2-5(10)4-6(7)11-9(16)8-12-14-15-13-8/h2-4H,1H3,(H,11,16)(H,12,13,14,15). The molecule has 0 aliphatic rings. The van der Waals surface area contributed by atoms with E-state index in [1.165, 1.54) is 7.11 Å². The zero-order valence-corrected chi connectivity index (χ0v) is 9.52. The first-order chi connectivity index (χ1) is 8.20. The Morgan fingerprint density at radius 3 is 3.00 bits per heavy atom. The van der Waals surface area contributed by atoms with Crippen molar-refractivity contribution in [2.45, 2.75) is 0 Å². The van der Waals surface area contributed by atoms with Gasteiger partial charge in [0.05, 0.1) is 12.8 Å². The molecule has 0 saturated heterocycles. The van der Waals surface area contributed by atoms with Gasteiger partial charge in [-0.2, -0.15) is 5.21 Å². The highest BCUT2D eigenvalue weighted by Crippen LogP contribution is 2.27. The van der Waals surface area contributed by atoms with Gasteiger partial charge in [-0.05, 0) is 23.4 Å². The molecule has 0 aliphatic carbocycles. The summed E-state index contributed by atoms with van der Waals surface area (Å²) in [5.41, 5.74) is 0.440. The molecule has 0 atom stereocenters. The Labute approximate surface area is 101 Å². The van der Waals surface area contributed by atoms with E-state index in [9.17, 15) is 4.79 Å². The molecule has 0 spiro atoms. The van der Waals surface area contributed by atoms with Crippen molar-refractivity contribution < 1.29 is 9.53 Å². The summed E-state index contributed by atoms with van der Waals surface area (Å²) in [6, 6.07) is 4.87. The van der Waals surface area contributed by atoms with Crippen LogP contribution in [0.3, 0.4) is 0 Å². The highest BCUT2D eigenvalue weighted by molar-refractivity contribution is 6.31. The molecule has 1 aromatic heterocycles. The molecule has 1 amide bonds. The van der Waals surface area contributed by atoms with Gasteiger partial charge in [0.2, 0.25) is 0 Å². The largest absolute Gasteiger partial charge is 0.495 e. The van der Waals surface area contributed by atoms with Crippen LogP contribution in [0.5, 0.6) is 5.75 Å². The van der Waals surface area contributed by atoms with Crippen LogP contribution in [0.2, 0.25) is 5.02 Å². The molecular formula is C9H8ClN5O2. The Morgan fingerprint density at radius 2 is 2.35 bits per heavy atom. The van der Waals surface area contributed by atoms with Gasteiger partial charge in [-0.1, -0.05) is 11.6 Å². The Balaban J connectivity index is 2.23. The second kappa shape index (κ2) is 4.79. The molecule has 0 bridgehead atoms. The highest BCUT2D eigenvalue weighted by Gasteiger charge is 2.13. The van der Waals surface area contributed by atoms with Crippen LogP contribution in [0.25, 0.3) is 0 Å². The van der Waals surface area contributed by atoms with E-state index in [0.29, 0.717) is 16.5 Å². The van der Waals surface area contributed by atoms with Crippen LogP contribution in [0, 0.1) is 0 Å². The average Bonchev–Trinajstić information content (AvgIpc) is 2.83. The van der Waals surface area contributed by atoms with E-state index >= 15 is 0 Å². The number of carbonyl (C=O) groups excluding carboxylic acids is 1. The van der Waals surface area contributed by atoms with E-state index in [0.717, 1.165) is 0 Å². The summed E-state index contributed by atoms with van der Waals surface area (Å²) in [6.45, 7) is 0. The number of H-pyrrole nitrogens is 1. The summed E-state index contributed by atoms with van der Waals surface area (Å²) in [6.07, 6.45) is 0. The number of hydrogen-bond donors (Lipinski definition) is 2. The fourth-order valence-electron chi connectivity index (χ4n) is 1.21. The lowest BCUT2D eigenvalue weighted by atomic mass is 10.3. The predicted octanol–water partition coefficient (Wildman–Crippen LogP) is 1.11. The third-order valence-electron chi connectivity index (χ3n) is 1.96. The van der Waals surface area contributed by atoms with Gasteiger partial charge in [0.25, 0.3) is 11.7 Å². The first-order valence-electron chi connectivity index (χ1n) is 4.59. The summed E-state index contributed by atoms with van der Waals surface area (Å²) >= 11 is 5.83. The maximum atomic E-state index is 11.7. The van der Waals surface area contributed by atoms with Crippen LogP contribution in [0.1, 0.15) is 10.6 Å². The molecule has 0 unspecified atom stereocenters. The molecule has 2 N–H and O–H groups in total. The van der Waals surface area contributed by atoms with Gasteiger partial charge in [0.1, 0.15) is 5.75 Å². The number of carbonyl (C=O) groups is 1. The Hall–Kier alpha value is -2.15. The zero-order valence-electron chi connectivity index (χ0n) is 8.77. The topological polar surface area (TPSA) is 92.8 Å². The molecule has 7 nitrogen and oxygen atoms in total. The lowest BCUT2D eigenvalue weighted by Crippen LogP contribution is -2.14. The van der Waals surface area contributed by atoms with Crippen molar-refractivity contribution in [1.29, 1.82) is 0 Å². The number of methoxy groups -OCH3 is 1. The van der Waals surface area contributed by atoms with Crippen LogP contribution < -0.4 is 10.1 Å². The maximum Gasteiger partial charge on any atom is 0.297 e. The summed E-state index contributed by atoms with van der Waals surface area (Å²) in [4.78, 5) is 11.7. The second-order valence-electron chi connectivity index (χ2n) is 3.03. The fourth-order valence-corrected chi connectivity index (χ4v) is 1.39. The number of aromatic amines is 1. The lowest BCUT2D eigenvalue weighted by Gasteiger charge is -2.08. The first kappa shape index (κ1) is 11.3. The van der Waals surface area contributed by atoms with Crippen LogP contribution >= 0.6 is 11.6 Å². The van der Waals surface area contributed by atoms with E-state index < -0.39 is 5.91 Å². The number of aromatic nitrogens is 4. The number of amides is 1. The molecule has 1 heterocycles. The van der Waals surface area contributed by atoms with E-state index in [2.05, 4.69) is 25.9 Å². The van der Waals surface area contributed by atoms with Crippen molar-refractivity contribution >= 4 is 23.2 Å². The maximum absolute atomic E-state index is 11.7. The quantitative estimate of drug-likeness (QED) is 0.855. The molecule has 1 aromatic carbocycles. The Morgan fingerprint density at radius 1 is 1.53 bits per heavy atom. The molecule has 17 heavy (non-hydrogen) atoms. The molecular weight excluding hydrogens is 246 g/mol. The smallest absolute Gasteiger partial charge is 0.297 e. The third-order valence-corrected chi connectivity index (χ3v) is 2.19. The molecule has 0 aliphatic heterocycles. The van der Waals surface area contributed by atoms with Crippen molar-refractivity contribution in [2.75, 3.05) is 12.4 Å². The van der Waals surface area contributed by atoms with Crippen molar-refractivity contribution in [2.24, 2.45) is 0 Å². The minimum Gasteiger partial charge on any atom is -0.495 e. The van der Waals surface area contributed by atoms with Crippen molar-refractivity contribution in [1.82, 2.24) is 20.6 Å². The Kier molecular flexibility index (Phi) is 3.20. The number of anilines is 1. The number of ether oxygens (including phenoxy) is 1. The van der Waals surface area contributed by atoms with E-state index in [1.54, 1.807) is 18.2 Å². The van der Waals surface area contributed by atoms with Gasteiger partial charge in [0, 0.05) is 5.02 Å². The fraction of sp³-hybridized carbons (Fsp3) is 0.111. The molecule has 0 saturated carbocycles. The van der Waals surface area contributed by atoms with Crippen LogP contribution in [-0.4, -0.2) is 33.6 Å². The van der Waals surface area contributed by atoms with Crippen LogP contribution in [0.15, 0.2) is 18.2 Å². The number of rotatable bonds is 3. The number of nitrogens with zero attached hydrogens (tertiary/aromatic N) is 3. The van der Waals surface area contributed by atoms with Gasteiger partial charge < -0.3 is 10.1 Å². The summed E-state index contributed by atoms with van der Waals surface area (Å²) < 4.78 is 5.08. The van der Waals surface area contributed by atoms with Gasteiger partial charge in [-0.25, -0.2) is 0 Å². The van der Waals surface area contributed by atoms with Crippen molar-refractivity contribution in [3.8, 4) is 5.75 Å². The van der Waals surface area contributed by atoms with E-state index in [4.69, 9.17) is 16.3 Å². The van der Waals surface area contributed by atoms with Gasteiger partial charge in [0.15, 0.2) is 0 Å². The number of nitrogens with one attached hydrogen (secondary N) is 2. The molecule has 8 heteroatoms. The molecule has 2 aromatic rings. The normalized spacial score (nSPS) is 10.0. The minimum absolute atomic E-state index is 0.0629. The molecule has 0 radical (unpaired) electrons. The first-order valence-corrected chi connectivity index (χ1v) is 4.97. The highest BCUT2D eigenvalue weighted by atomic mass is 35.5. The average molecular weight is 254 g/mol. The number of tetrazole rings is 1. The van der Waals surface area contributed by atoms with E-state index in [-0.39, 0.29) is 5.82 Å². The second-order valence-corrected chi connectivity index (χ2v) is 3.47. The van der Waals surface area contributed by atoms with E-state index in [1.807, 2.05) is 0 Å². The minimum atomic E-state index is -0.501. The summed E-state index contributed by atoms with van der Waals surface area (Å²) in [5, 5.41) is 15.6. The summed E-state index contributed by atoms with van der Waals surface area (Å²) in [7, 11) is 1.49. The van der Waals surface area contributed by atoms with Gasteiger partial charge in [-0.3, -0.25) is 4.79 Å². The number of halogens is 1. The SMILES string of the molecule is COc1ccc(Cl)cc1NC(=O)c1nn[nH]n1. The summed E-state index contributed by atoms with van der Waals surface area (Å²) in [5.74, 6) is -0.0717. The van der Waals surface area contributed by atoms with Crippen molar-refractivity contribution in [3.05, 3.63) is 29.0 Å². The number of benzene rings is 1. The monoisotopic (exact) mass is 253 g/mol. The van der Waals surface area contributed by atoms with Crippen molar-refractivity contribution in [3.63, 3.8) is 0 Å². The predicted molar refractivity (Wildman–Crippen MR) is 60.1 cm³/mol. The third kappa shape index (κ3) is 2.51. The van der Waals surface area contributed by atoms with Crippen LogP contribution in [-0.2, 0) is 0 Å². The Bertz CT molecular complexity index is 528. The van der Waals surface area contributed by atoms with Gasteiger partial charge >= 0.3 is 0 Å². The van der Waals surface area contributed by atoms with Gasteiger partial charge in [-0.15, -0.1) is 10.2 Å². The molecule has 88 valence electrons. The molecule has 0 fully saturated rings. The molecule has 2 rings (SSSR count). The van der Waals surface area contributed by atoms with Crippen LogP contribution in [0.4, 0.5) is 5.69 Å². The number of hydrogen-bond acceptors (Lipinski definition) is 5. The lowest BCUT2D eigenvalue weighted by molar-refractivity contribution is 0.101. The zero-order chi connectivity index (χ0) is 12.3.